The highest BCUT2D eigenvalue weighted by Gasteiger charge is 2.00. The second-order valence-corrected chi connectivity index (χ2v) is 3.63. The van der Waals surface area contributed by atoms with Crippen LogP contribution in [0.5, 0.6) is 0 Å². The Balaban J connectivity index is 2.99. The zero-order chi connectivity index (χ0) is 9.84. The first kappa shape index (κ1) is 10.4. The van der Waals surface area contributed by atoms with Crippen LogP contribution in [0.4, 0.5) is 0 Å². The summed E-state index contributed by atoms with van der Waals surface area (Å²) in [6, 6.07) is 1.78. The van der Waals surface area contributed by atoms with Crippen LogP contribution in [0.2, 0.25) is 0 Å². The molecule has 2 N–H and O–H groups in total. The molecule has 0 aliphatic rings. The maximum Gasteiger partial charge on any atom is 0.253 e. The van der Waals surface area contributed by atoms with Gasteiger partial charge >= 0.3 is 0 Å². The second-order valence-electron chi connectivity index (χ2n) is 2.71. The normalized spacial score (nSPS) is 10.4. The molecule has 1 aromatic heterocycles. The van der Waals surface area contributed by atoms with Gasteiger partial charge in [0.2, 0.25) is 0 Å². The first-order valence-electron chi connectivity index (χ1n) is 3.83. The van der Waals surface area contributed by atoms with E-state index in [2.05, 4.69) is 20.8 Å². The Kier molecular flexibility index (Phi) is 3.65. The van der Waals surface area contributed by atoms with Crippen molar-refractivity contribution < 1.29 is 4.84 Å². The topological polar surface area (TPSA) is 57.2 Å². The Morgan fingerprint density at radius 1 is 1.69 bits per heavy atom. The van der Waals surface area contributed by atoms with Crippen LogP contribution in [0.3, 0.4) is 0 Å². The predicted octanol–water partition coefficient (Wildman–Crippen LogP) is 0.810. The highest BCUT2D eigenvalue weighted by Crippen LogP contribution is 2.07. The summed E-state index contributed by atoms with van der Waals surface area (Å²) < 4.78 is 2.44. The maximum atomic E-state index is 11.5. The molecule has 0 aliphatic carbocycles. The molecule has 0 saturated heterocycles. The molecule has 13 heavy (non-hydrogen) atoms. The van der Waals surface area contributed by atoms with Gasteiger partial charge in [-0.1, -0.05) is 0 Å². The molecule has 0 amide bonds. The lowest BCUT2D eigenvalue weighted by Crippen LogP contribution is -2.24. The lowest BCUT2D eigenvalue weighted by Gasteiger charge is -2.05. The van der Waals surface area contributed by atoms with Gasteiger partial charge in [-0.15, -0.1) is 0 Å². The highest BCUT2D eigenvalue weighted by atomic mass is 79.9. The van der Waals surface area contributed by atoms with Gasteiger partial charge in [0.25, 0.3) is 5.56 Å². The number of halogens is 1. The Labute approximate surface area is 84.4 Å². The monoisotopic (exact) mass is 246 g/mol. The van der Waals surface area contributed by atoms with Gasteiger partial charge in [-0.05, 0) is 28.9 Å². The van der Waals surface area contributed by atoms with E-state index >= 15 is 0 Å². The van der Waals surface area contributed by atoms with Crippen molar-refractivity contribution in [1.29, 1.82) is 0 Å². The van der Waals surface area contributed by atoms with E-state index in [1.165, 1.54) is 0 Å². The summed E-state index contributed by atoms with van der Waals surface area (Å²) >= 11 is 3.31. The Morgan fingerprint density at radius 2 is 2.38 bits per heavy atom. The van der Waals surface area contributed by atoms with Crippen molar-refractivity contribution in [2.45, 2.75) is 13.5 Å². The largest absolute Gasteiger partial charge is 0.312 e. The number of nitrogens with two attached hydrogens (primary N) is 1. The third-order valence-corrected chi connectivity index (χ3v) is 2.12. The van der Waals surface area contributed by atoms with Crippen molar-refractivity contribution in [2.75, 3.05) is 6.61 Å². The third-order valence-electron chi connectivity index (χ3n) is 1.68. The van der Waals surface area contributed by atoms with E-state index in [1.54, 1.807) is 23.8 Å². The summed E-state index contributed by atoms with van der Waals surface area (Å²) in [4.78, 5) is 15.9. The molecule has 0 atom stereocenters. The van der Waals surface area contributed by atoms with Gasteiger partial charge in [0, 0.05) is 16.2 Å². The number of pyridine rings is 1. The summed E-state index contributed by atoms with van der Waals surface area (Å²) in [7, 11) is 0. The number of hydrogen-bond acceptors (Lipinski definition) is 3. The molecule has 0 radical (unpaired) electrons. The minimum Gasteiger partial charge on any atom is -0.312 e. The smallest absolute Gasteiger partial charge is 0.253 e. The molecule has 0 aliphatic heterocycles. The van der Waals surface area contributed by atoms with Gasteiger partial charge < -0.3 is 9.40 Å². The van der Waals surface area contributed by atoms with E-state index in [4.69, 9.17) is 5.90 Å². The summed E-state index contributed by atoms with van der Waals surface area (Å²) in [5.41, 5.74) is 0.687. The number of aromatic nitrogens is 1. The summed E-state index contributed by atoms with van der Waals surface area (Å²) in [5.74, 6) is 4.88. The highest BCUT2D eigenvalue weighted by molar-refractivity contribution is 9.10. The van der Waals surface area contributed by atoms with Crippen molar-refractivity contribution >= 4 is 15.9 Å². The van der Waals surface area contributed by atoms with Crippen molar-refractivity contribution in [3.8, 4) is 0 Å². The van der Waals surface area contributed by atoms with Crippen LogP contribution in [0, 0.1) is 6.92 Å². The molecule has 0 spiro atoms. The van der Waals surface area contributed by atoms with Crippen molar-refractivity contribution in [3.05, 3.63) is 32.7 Å². The van der Waals surface area contributed by atoms with E-state index in [1.807, 2.05) is 0 Å². The zero-order valence-electron chi connectivity index (χ0n) is 7.29. The fourth-order valence-electron chi connectivity index (χ4n) is 1.06. The molecule has 1 rings (SSSR count). The molecular weight excluding hydrogens is 236 g/mol. The Hall–Kier alpha value is -0.650. The van der Waals surface area contributed by atoms with Crippen molar-refractivity contribution in [2.24, 2.45) is 5.90 Å². The van der Waals surface area contributed by atoms with Gasteiger partial charge in [0.1, 0.15) is 0 Å². The van der Waals surface area contributed by atoms with Gasteiger partial charge in [-0.25, -0.2) is 5.90 Å². The molecule has 1 heterocycles. The number of nitrogens with zero attached hydrogens (tertiary/aromatic N) is 1. The summed E-state index contributed by atoms with van der Waals surface area (Å²) in [6.07, 6.45) is 1.72. The lowest BCUT2D eigenvalue weighted by molar-refractivity contribution is 0.128. The predicted molar refractivity (Wildman–Crippen MR) is 53.3 cm³/mol. The first-order chi connectivity index (χ1) is 6.15. The fourth-order valence-corrected chi connectivity index (χ4v) is 1.65. The van der Waals surface area contributed by atoms with Gasteiger partial charge in [-0.2, -0.15) is 0 Å². The molecular formula is C8H11BrN2O2. The molecule has 4 nitrogen and oxygen atoms in total. The van der Waals surface area contributed by atoms with Crippen LogP contribution in [0.15, 0.2) is 21.5 Å². The van der Waals surface area contributed by atoms with Crippen LogP contribution in [0.1, 0.15) is 5.56 Å². The quantitative estimate of drug-likeness (QED) is 0.804. The molecule has 0 unspecified atom stereocenters. The van der Waals surface area contributed by atoms with Crippen LogP contribution in [-0.4, -0.2) is 11.2 Å². The van der Waals surface area contributed by atoms with Crippen LogP contribution >= 0.6 is 15.9 Å². The summed E-state index contributed by atoms with van der Waals surface area (Å²) in [5, 5.41) is 0. The first-order valence-corrected chi connectivity index (χ1v) is 4.62. The lowest BCUT2D eigenvalue weighted by atomic mass is 10.3. The standard InChI is InChI=1S/C8H11BrN2O2/c1-6-4-7(9)5-11(8(6)12)2-3-13-10/h4-5H,2-3,10H2,1H3. The molecule has 0 bridgehead atoms. The van der Waals surface area contributed by atoms with Crippen LogP contribution in [-0.2, 0) is 11.4 Å². The van der Waals surface area contributed by atoms with Gasteiger partial charge in [0.05, 0.1) is 13.2 Å². The van der Waals surface area contributed by atoms with Crippen molar-refractivity contribution in [3.63, 3.8) is 0 Å². The van der Waals surface area contributed by atoms with Gasteiger partial charge in [-0.3, -0.25) is 4.79 Å². The number of hydrogen-bond donors (Lipinski definition) is 1. The molecule has 5 heteroatoms. The van der Waals surface area contributed by atoms with E-state index < -0.39 is 0 Å². The van der Waals surface area contributed by atoms with E-state index in [0.29, 0.717) is 18.7 Å². The zero-order valence-corrected chi connectivity index (χ0v) is 8.87. The SMILES string of the molecule is Cc1cc(Br)cn(CCON)c1=O. The minimum absolute atomic E-state index is 0.0137. The minimum atomic E-state index is -0.0137. The fraction of sp³-hybridized carbons (Fsp3) is 0.375. The van der Waals surface area contributed by atoms with E-state index in [0.717, 1.165) is 4.47 Å². The van der Waals surface area contributed by atoms with Crippen LogP contribution < -0.4 is 11.5 Å². The van der Waals surface area contributed by atoms with E-state index in [-0.39, 0.29) is 5.56 Å². The molecule has 0 saturated carbocycles. The Morgan fingerprint density at radius 3 is 3.00 bits per heavy atom. The number of aryl methyl sites for hydroxylation is 1. The Bertz CT molecular complexity index is 348. The average Bonchev–Trinajstić information content (AvgIpc) is 2.09. The molecule has 0 fully saturated rings. The molecule has 1 aromatic rings. The molecule has 72 valence electrons. The van der Waals surface area contributed by atoms with Crippen LogP contribution in [0.25, 0.3) is 0 Å². The average molecular weight is 247 g/mol. The van der Waals surface area contributed by atoms with Gasteiger partial charge in [0.15, 0.2) is 0 Å². The van der Waals surface area contributed by atoms with E-state index in [9.17, 15) is 4.79 Å². The van der Waals surface area contributed by atoms with Crippen molar-refractivity contribution in [1.82, 2.24) is 4.57 Å². The number of rotatable bonds is 3. The maximum absolute atomic E-state index is 11.5. The second kappa shape index (κ2) is 4.55. The third kappa shape index (κ3) is 2.65. The summed E-state index contributed by atoms with van der Waals surface area (Å²) in [6.45, 7) is 2.57. The molecule has 0 aromatic carbocycles.